The standard InChI is InChI=1S/C18H22N4O4/c1-18(2,11-4-5-14-15(6-11)26-10-25-14)17(23)22-8-12(16(9-22)24-3)13-7-19-21-20-13/h4-7,12,16H,8-10H2,1-3H3,(H,19,20,21)/t12-,16+/m0/s1. The van der Waals surface area contributed by atoms with Gasteiger partial charge in [-0.1, -0.05) is 6.07 Å². The van der Waals surface area contributed by atoms with E-state index in [2.05, 4.69) is 15.4 Å². The van der Waals surface area contributed by atoms with E-state index in [0.717, 1.165) is 11.3 Å². The highest BCUT2D eigenvalue weighted by atomic mass is 16.7. The first-order valence-electron chi connectivity index (χ1n) is 8.58. The van der Waals surface area contributed by atoms with E-state index in [4.69, 9.17) is 14.2 Å². The fourth-order valence-corrected chi connectivity index (χ4v) is 3.66. The zero-order valence-electron chi connectivity index (χ0n) is 15.1. The highest BCUT2D eigenvalue weighted by molar-refractivity contribution is 5.88. The number of fused-ring (bicyclic) bond motifs is 1. The van der Waals surface area contributed by atoms with Crippen LogP contribution in [0.4, 0.5) is 0 Å². The lowest BCUT2D eigenvalue weighted by Gasteiger charge is -2.30. The van der Waals surface area contributed by atoms with Crippen molar-refractivity contribution in [1.82, 2.24) is 20.3 Å². The minimum atomic E-state index is -0.696. The maximum Gasteiger partial charge on any atom is 0.232 e. The van der Waals surface area contributed by atoms with Gasteiger partial charge in [-0.3, -0.25) is 4.79 Å². The first-order chi connectivity index (χ1) is 12.5. The number of hydrogen-bond donors (Lipinski definition) is 1. The van der Waals surface area contributed by atoms with Crippen LogP contribution in [0.3, 0.4) is 0 Å². The van der Waals surface area contributed by atoms with Gasteiger partial charge in [0.1, 0.15) is 0 Å². The summed E-state index contributed by atoms with van der Waals surface area (Å²) in [6, 6.07) is 5.66. The third-order valence-corrected chi connectivity index (χ3v) is 5.30. The van der Waals surface area contributed by atoms with Crippen LogP contribution in [-0.4, -0.2) is 59.3 Å². The summed E-state index contributed by atoms with van der Waals surface area (Å²) >= 11 is 0. The Kier molecular flexibility index (Phi) is 4.07. The Morgan fingerprint density at radius 3 is 2.85 bits per heavy atom. The molecule has 8 nitrogen and oxygen atoms in total. The number of aromatic amines is 1. The van der Waals surface area contributed by atoms with E-state index in [1.807, 2.05) is 36.9 Å². The molecular formula is C18H22N4O4. The molecule has 1 amide bonds. The second kappa shape index (κ2) is 6.28. The third kappa shape index (κ3) is 2.70. The molecule has 2 aliphatic rings. The van der Waals surface area contributed by atoms with Gasteiger partial charge in [0.15, 0.2) is 11.5 Å². The Hall–Kier alpha value is -2.61. The molecule has 2 atom stereocenters. The summed E-state index contributed by atoms with van der Waals surface area (Å²) in [6.07, 6.45) is 1.59. The average molecular weight is 358 g/mol. The summed E-state index contributed by atoms with van der Waals surface area (Å²) in [5.74, 6) is 1.45. The summed E-state index contributed by atoms with van der Waals surface area (Å²) in [7, 11) is 1.66. The van der Waals surface area contributed by atoms with Crippen molar-refractivity contribution in [1.29, 1.82) is 0 Å². The normalized spacial score (nSPS) is 22.0. The van der Waals surface area contributed by atoms with Crippen LogP contribution in [0.2, 0.25) is 0 Å². The number of rotatable bonds is 4. The summed E-state index contributed by atoms with van der Waals surface area (Å²) in [6.45, 7) is 5.16. The number of likely N-dealkylation sites (tertiary alicyclic amines) is 1. The van der Waals surface area contributed by atoms with Crippen LogP contribution in [0.25, 0.3) is 0 Å². The number of amides is 1. The van der Waals surface area contributed by atoms with Crippen LogP contribution in [-0.2, 0) is 14.9 Å². The molecule has 1 saturated heterocycles. The van der Waals surface area contributed by atoms with E-state index in [1.165, 1.54) is 0 Å². The van der Waals surface area contributed by atoms with Crippen molar-refractivity contribution in [2.24, 2.45) is 0 Å². The molecule has 0 bridgehead atoms. The number of carbonyl (C=O) groups excluding carboxylic acids is 1. The third-order valence-electron chi connectivity index (χ3n) is 5.30. The number of aromatic nitrogens is 3. The number of nitrogens with one attached hydrogen (secondary N) is 1. The molecule has 0 radical (unpaired) electrons. The number of nitrogens with zero attached hydrogens (tertiary/aromatic N) is 3. The van der Waals surface area contributed by atoms with Crippen LogP contribution in [0.15, 0.2) is 24.4 Å². The number of H-pyrrole nitrogens is 1. The van der Waals surface area contributed by atoms with Crippen LogP contribution < -0.4 is 9.47 Å². The van der Waals surface area contributed by atoms with Gasteiger partial charge in [0, 0.05) is 20.2 Å². The molecule has 1 aromatic heterocycles. The molecule has 2 aromatic rings. The highest BCUT2D eigenvalue weighted by Gasteiger charge is 2.43. The van der Waals surface area contributed by atoms with Gasteiger partial charge in [0.05, 0.1) is 29.3 Å². The van der Waals surface area contributed by atoms with Crippen molar-refractivity contribution in [3.8, 4) is 11.5 Å². The topological polar surface area (TPSA) is 89.6 Å². The first kappa shape index (κ1) is 16.8. The molecule has 138 valence electrons. The van der Waals surface area contributed by atoms with Gasteiger partial charge in [0.2, 0.25) is 12.7 Å². The van der Waals surface area contributed by atoms with Crippen molar-refractivity contribution in [3.63, 3.8) is 0 Å². The lowest BCUT2D eigenvalue weighted by molar-refractivity contribution is -0.135. The zero-order chi connectivity index (χ0) is 18.3. The van der Waals surface area contributed by atoms with Gasteiger partial charge in [-0.2, -0.15) is 15.4 Å². The summed E-state index contributed by atoms with van der Waals surface area (Å²) in [4.78, 5) is 15.1. The smallest absolute Gasteiger partial charge is 0.232 e. The predicted octanol–water partition coefficient (Wildman–Crippen LogP) is 1.45. The Balaban J connectivity index is 1.56. The fraction of sp³-hybridized carbons (Fsp3) is 0.500. The van der Waals surface area contributed by atoms with Crippen LogP contribution in [0, 0.1) is 0 Å². The van der Waals surface area contributed by atoms with Gasteiger partial charge < -0.3 is 19.1 Å². The van der Waals surface area contributed by atoms with E-state index < -0.39 is 5.41 Å². The zero-order valence-corrected chi connectivity index (χ0v) is 15.1. The first-order valence-corrected chi connectivity index (χ1v) is 8.58. The largest absolute Gasteiger partial charge is 0.454 e. The molecular weight excluding hydrogens is 336 g/mol. The number of benzene rings is 1. The van der Waals surface area contributed by atoms with Crippen molar-refractivity contribution in [3.05, 3.63) is 35.7 Å². The molecule has 1 aromatic carbocycles. The van der Waals surface area contributed by atoms with Crippen molar-refractivity contribution >= 4 is 5.91 Å². The second-order valence-electron chi connectivity index (χ2n) is 7.18. The Morgan fingerprint density at radius 2 is 2.12 bits per heavy atom. The van der Waals surface area contributed by atoms with Gasteiger partial charge >= 0.3 is 0 Å². The molecule has 26 heavy (non-hydrogen) atoms. The van der Waals surface area contributed by atoms with Gasteiger partial charge in [-0.15, -0.1) is 0 Å². The van der Waals surface area contributed by atoms with Crippen LogP contribution in [0.1, 0.15) is 31.0 Å². The molecule has 0 spiro atoms. The highest BCUT2D eigenvalue weighted by Crippen LogP contribution is 2.38. The molecule has 4 rings (SSSR count). The van der Waals surface area contributed by atoms with Gasteiger partial charge in [-0.05, 0) is 31.5 Å². The van der Waals surface area contributed by atoms with Crippen LogP contribution >= 0.6 is 0 Å². The number of ether oxygens (including phenoxy) is 3. The maximum absolute atomic E-state index is 13.3. The van der Waals surface area contributed by atoms with Gasteiger partial charge in [0.25, 0.3) is 0 Å². The van der Waals surface area contributed by atoms with E-state index in [1.54, 1.807) is 13.3 Å². The van der Waals surface area contributed by atoms with Crippen LogP contribution in [0.5, 0.6) is 11.5 Å². The maximum atomic E-state index is 13.3. The Bertz CT molecular complexity index is 806. The number of methoxy groups -OCH3 is 1. The summed E-state index contributed by atoms with van der Waals surface area (Å²) in [5, 5.41) is 10.7. The molecule has 3 heterocycles. The quantitative estimate of drug-likeness (QED) is 0.890. The van der Waals surface area contributed by atoms with E-state index in [0.29, 0.717) is 24.6 Å². The van der Waals surface area contributed by atoms with Gasteiger partial charge in [-0.25, -0.2) is 0 Å². The lowest BCUT2D eigenvalue weighted by atomic mass is 9.83. The monoisotopic (exact) mass is 358 g/mol. The number of hydrogen-bond acceptors (Lipinski definition) is 6. The number of carbonyl (C=O) groups is 1. The molecule has 1 fully saturated rings. The molecule has 2 aliphatic heterocycles. The SMILES string of the molecule is CO[C@@H]1CN(C(=O)C(C)(C)c2ccc3c(c2)OCO3)C[C@H]1c1cn[nH]n1. The van der Waals surface area contributed by atoms with E-state index >= 15 is 0 Å². The predicted molar refractivity (Wildman–Crippen MR) is 92.1 cm³/mol. The molecule has 8 heteroatoms. The van der Waals surface area contributed by atoms with Crippen molar-refractivity contribution in [2.45, 2.75) is 31.3 Å². The Labute approximate surface area is 151 Å². The minimum Gasteiger partial charge on any atom is -0.454 e. The van der Waals surface area contributed by atoms with Crippen molar-refractivity contribution in [2.75, 3.05) is 27.0 Å². The molecule has 0 aliphatic carbocycles. The average Bonchev–Trinajstić information content (AvgIpc) is 3.39. The van der Waals surface area contributed by atoms with E-state index in [-0.39, 0.29) is 24.7 Å². The van der Waals surface area contributed by atoms with Crippen molar-refractivity contribution < 1.29 is 19.0 Å². The fourth-order valence-electron chi connectivity index (χ4n) is 3.66. The molecule has 0 saturated carbocycles. The molecule has 0 unspecified atom stereocenters. The lowest BCUT2D eigenvalue weighted by Crippen LogP contribution is -2.42. The summed E-state index contributed by atoms with van der Waals surface area (Å²) < 4.78 is 16.4. The van der Waals surface area contributed by atoms with E-state index in [9.17, 15) is 4.79 Å². The Morgan fingerprint density at radius 1 is 1.31 bits per heavy atom. The second-order valence-corrected chi connectivity index (χ2v) is 7.18. The minimum absolute atomic E-state index is 0.00949. The molecule has 1 N–H and O–H groups in total. The summed E-state index contributed by atoms with van der Waals surface area (Å²) in [5.41, 5.74) is 1.01.